The third-order valence-corrected chi connectivity index (χ3v) is 5.11. The van der Waals surface area contributed by atoms with Crippen molar-refractivity contribution in [3.8, 4) is 0 Å². The molecule has 0 aromatic heterocycles. The maximum atomic E-state index is 12.6. The minimum atomic E-state index is -0.383. The zero-order chi connectivity index (χ0) is 21.4. The zero-order valence-electron chi connectivity index (χ0n) is 18.3. The average molecular weight is 397 g/mol. The van der Waals surface area contributed by atoms with Crippen molar-refractivity contribution < 1.29 is 19.1 Å². The van der Waals surface area contributed by atoms with Gasteiger partial charge >= 0.3 is 5.97 Å². The van der Waals surface area contributed by atoms with Gasteiger partial charge in [-0.1, -0.05) is 19.9 Å². The van der Waals surface area contributed by atoms with Crippen LogP contribution in [-0.2, 0) is 19.1 Å². The van der Waals surface area contributed by atoms with Crippen molar-refractivity contribution in [1.82, 2.24) is 20.0 Å². The second-order valence-corrected chi connectivity index (χ2v) is 7.79. The van der Waals surface area contributed by atoms with Crippen LogP contribution in [0.2, 0.25) is 0 Å². The van der Waals surface area contributed by atoms with E-state index in [1.807, 2.05) is 32.8 Å². The number of hydrogen-bond acceptors (Lipinski definition) is 6. The highest BCUT2D eigenvalue weighted by Gasteiger charge is 2.29. The molecule has 2 atom stereocenters. The molecule has 1 aliphatic heterocycles. The van der Waals surface area contributed by atoms with E-state index in [4.69, 9.17) is 4.74 Å². The van der Waals surface area contributed by atoms with Crippen LogP contribution in [0.25, 0.3) is 0 Å². The highest BCUT2D eigenvalue weighted by molar-refractivity contribution is 5.89. The average Bonchev–Trinajstić information content (AvgIpc) is 2.64. The fourth-order valence-electron chi connectivity index (χ4n) is 3.19. The summed E-state index contributed by atoms with van der Waals surface area (Å²) in [4.78, 5) is 42.7. The lowest BCUT2D eigenvalue weighted by molar-refractivity contribution is -0.138. The lowest BCUT2D eigenvalue weighted by Crippen LogP contribution is -2.57. The zero-order valence-corrected chi connectivity index (χ0v) is 18.3. The van der Waals surface area contributed by atoms with Crippen LogP contribution >= 0.6 is 0 Å². The molecular weight excluding hydrogens is 360 g/mol. The predicted molar refractivity (Wildman–Crippen MR) is 109 cm³/mol. The topological polar surface area (TPSA) is 82.2 Å². The molecule has 1 rings (SSSR count). The fourth-order valence-corrected chi connectivity index (χ4v) is 3.19. The molecule has 0 bridgehead atoms. The summed E-state index contributed by atoms with van der Waals surface area (Å²) in [7, 11) is 5.59. The van der Waals surface area contributed by atoms with E-state index in [1.165, 1.54) is 0 Å². The van der Waals surface area contributed by atoms with E-state index in [9.17, 15) is 14.4 Å². The number of amides is 2. The standard InChI is InChI=1S/C20H36N4O4/c1-8-28-20(27)15(4)11-16(14(2)3)24(7)18(25)12-21-19(26)17-13-22(5)9-10-23(17)6/h11,14,16-17H,8-10,12-13H2,1-7H3,(H,21,26)/b15-11+/t16-,17?/m1/s1. The highest BCUT2D eigenvalue weighted by atomic mass is 16.5. The number of piperazine rings is 1. The number of ether oxygens (including phenoxy) is 1. The van der Waals surface area contributed by atoms with Crippen molar-refractivity contribution in [2.45, 2.75) is 39.8 Å². The maximum Gasteiger partial charge on any atom is 0.333 e. The predicted octanol–water partition coefficient (Wildman–Crippen LogP) is 0.341. The number of rotatable bonds is 8. The first-order chi connectivity index (χ1) is 13.1. The molecule has 0 saturated carbocycles. The molecule has 8 nitrogen and oxygen atoms in total. The first kappa shape index (κ1) is 24.1. The van der Waals surface area contributed by atoms with Crippen molar-refractivity contribution in [3.63, 3.8) is 0 Å². The third-order valence-electron chi connectivity index (χ3n) is 5.11. The Morgan fingerprint density at radius 1 is 1.25 bits per heavy atom. The summed E-state index contributed by atoms with van der Waals surface area (Å²) in [5.41, 5.74) is 0.469. The minimum Gasteiger partial charge on any atom is -0.463 e. The fraction of sp³-hybridized carbons (Fsp3) is 0.750. The molecule has 2 amide bonds. The summed E-state index contributed by atoms with van der Waals surface area (Å²) >= 11 is 0. The van der Waals surface area contributed by atoms with Crippen molar-refractivity contribution in [2.75, 3.05) is 53.9 Å². The van der Waals surface area contributed by atoms with Crippen LogP contribution in [0.3, 0.4) is 0 Å². The number of carbonyl (C=O) groups is 3. The van der Waals surface area contributed by atoms with Gasteiger partial charge in [0.05, 0.1) is 19.2 Å². The van der Waals surface area contributed by atoms with Gasteiger partial charge in [-0.25, -0.2) is 4.79 Å². The van der Waals surface area contributed by atoms with E-state index in [1.54, 1.807) is 31.9 Å². The molecular formula is C20H36N4O4. The molecule has 8 heteroatoms. The molecule has 0 radical (unpaired) electrons. The molecule has 0 spiro atoms. The van der Waals surface area contributed by atoms with Crippen LogP contribution in [0.4, 0.5) is 0 Å². The molecule has 1 unspecified atom stereocenters. The molecule has 1 aliphatic rings. The van der Waals surface area contributed by atoms with E-state index < -0.39 is 0 Å². The SMILES string of the molecule is CCOC(=O)/C(C)=C/[C@H](C(C)C)N(C)C(=O)CNC(=O)C1CN(C)CCN1C. The molecule has 0 aliphatic carbocycles. The van der Waals surface area contributed by atoms with Gasteiger partial charge in [-0.15, -0.1) is 0 Å². The van der Waals surface area contributed by atoms with Crippen molar-refractivity contribution in [2.24, 2.45) is 5.92 Å². The van der Waals surface area contributed by atoms with Gasteiger partial charge in [0.15, 0.2) is 0 Å². The summed E-state index contributed by atoms with van der Waals surface area (Å²) in [5.74, 6) is -0.624. The quantitative estimate of drug-likeness (QED) is 0.471. The van der Waals surface area contributed by atoms with Gasteiger partial charge in [-0.3, -0.25) is 14.5 Å². The number of nitrogens with one attached hydrogen (secondary N) is 1. The van der Waals surface area contributed by atoms with E-state index in [0.717, 1.165) is 13.1 Å². The summed E-state index contributed by atoms with van der Waals surface area (Å²) in [6, 6.07) is -0.527. The number of esters is 1. The number of likely N-dealkylation sites (N-methyl/N-ethyl adjacent to an activating group) is 3. The van der Waals surface area contributed by atoms with Crippen molar-refractivity contribution >= 4 is 17.8 Å². The van der Waals surface area contributed by atoms with Crippen LogP contribution < -0.4 is 5.32 Å². The number of carbonyl (C=O) groups excluding carboxylic acids is 3. The molecule has 160 valence electrons. The summed E-state index contributed by atoms with van der Waals surface area (Å²) < 4.78 is 5.01. The Hall–Kier alpha value is -1.93. The second-order valence-electron chi connectivity index (χ2n) is 7.79. The van der Waals surface area contributed by atoms with Gasteiger partial charge in [0.1, 0.15) is 6.04 Å². The van der Waals surface area contributed by atoms with Crippen LogP contribution in [0.5, 0.6) is 0 Å². The Bertz CT molecular complexity index is 591. The van der Waals surface area contributed by atoms with E-state index in [2.05, 4.69) is 10.2 Å². The Labute approximate surface area is 168 Å². The summed E-state index contributed by atoms with van der Waals surface area (Å²) in [6.45, 7) is 10.0. The van der Waals surface area contributed by atoms with Crippen LogP contribution in [0.1, 0.15) is 27.7 Å². The molecule has 1 saturated heterocycles. The monoisotopic (exact) mass is 396 g/mol. The number of nitrogens with zero attached hydrogens (tertiary/aromatic N) is 3. The van der Waals surface area contributed by atoms with Crippen molar-refractivity contribution in [3.05, 3.63) is 11.6 Å². The molecule has 28 heavy (non-hydrogen) atoms. The van der Waals surface area contributed by atoms with Crippen LogP contribution in [-0.4, -0.2) is 98.5 Å². The van der Waals surface area contributed by atoms with Gasteiger partial charge in [-0.05, 0) is 33.9 Å². The minimum absolute atomic E-state index is 0.0705. The van der Waals surface area contributed by atoms with Crippen LogP contribution in [0.15, 0.2) is 11.6 Å². The molecule has 1 heterocycles. The Morgan fingerprint density at radius 2 is 1.89 bits per heavy atom. The van der Waals surface area contributed by atoms with E-state index in [0.29, 0.717) is 18.7 Å². The molecule has 0 aromatic rings. The smallest absolute Gasteiger partial charge is 0.333 e. The Balaban J connectivity index is 2.71. The van der Waals surface area contributed by atoms with Gasteiger partial charge in [0.2, 0.25) is 11.8 Å². The van der Waals surface area contributed by atoms with Gasteiger partial charge in [0, 0.05) is 32.3 Å². The molecule has 1 N–H and O–H groups in total. The maximum absolute atomic E-state index is 12.6. The van der Waals surface area contributed by atoms with Gasteiger partial charge in [-0.2, -0.15) is 0 Å². The first-order valence-electron chi connectivity index (χ1n) is 9.86. The van der Waals surface area contributed by atoms with Gasteiger partial charge < -0.3 is 19.9 Å². The second kappa shape index (κ2) is 11.2. The van der Waals surface area contributed by atoms with Crippen molar-refractivity contribution in [1.29, 1.82) is 0 Å². The normalized spacial score (nSPS) is 20.0. The highest BCUT2D eigenvalue weighted by Crippen LogP contribution is 2.14. The first-order valence-corrected chi connectivity index (χ1v) is 9.86. The van der Waals surface area contributed by atoms with Gasteiger partial charge in [0.25, 0.3) is 0 Å². The number of hydrogen-bond donors (Lipinski definition) is 1. The lowest BCUT2D eigenvalue weighted by atomic mass is 10.00. The summed E-state index contributed by atoms with van der Waals surface area (Å²) in [5, 5.41) is 2.76. The Kier molecular flexibility index (Phi) is 9.61. The molecule has 1 fully saturated rings. The molecule has 0 aromatic carbocycles. The van der Waals surface area contributed by atoms with E-state index >= 15 is 0 Å². The lowest BCUT2D eigenvalue weighted by Gasteiger charge is -2.36. The summed E-state index contributed by atoms with van der Waals surface area (Å²) in [6.07, 6.45) is 1.76. The van der Waals surface area contributed by atoms with E-state index in [-0.39, 0.29) is 42.3 Å². The largest absolute Gasteiger partial charge is 0.463 e. The Morgan fingerprint density at radius 3 is 2.46 bits per heavy atom. The van der Waals surface area contributed by atoms with Crippen LogP contribution in [0, 0.1) is 5.92 Å². The third kappa shape index (κ3) is 6.91.